The molecule has 138 valence electrons. The quantitative estimate of drug-likeness (QED) is 0.499. The maximum absolute atomic E-state index is 6.82. The molecule has 1 heterocycles. The van der Waals surface area contributed by atoms with Crippen molar-refractivity contribution in [1.82, 2.24) is 0 Å². The second-order valence-electron chi connectivity index (χ2n) is 10.1. The summed E-state index contributed by atoms with van der Waals surface area (Å²) in [5.41, 5.74) is 3.66. The summed E-state index contributed by atoms with van der Waals surface area (Å²) in [7, 11) is 0. The Labute approximate surface area is 154 Å². The van der Waals surface area contributed by atoms with Crippen LogP contribution in [0.1, 0.15) is 84.5 Å². The van der Waals surface area contributed by atoms with Gasteiger partial charge in [0.05, 0.1) is 11.7 Å². The first-order valence-electron chi connectivity index (χ1n) is 11.1. The van der Waals surface area contributed by atoms with Gasteiger partial charge in [-0.25, -0.2) is 0 Å². The molecule has 25 heavy (non-hydrogen) atoms. The van der Waals surface area contributed by atoms with E-state index in [1.165, 1.54) is 63.4 Å². The van der Waals surface area contributed by atoms with E-state index in [1.807, 2.05) is 5.57 Å². The molecule has 0 N–H and O–H groups in total. The molecule has 1 saturated heterocycles. The molecule has 0 aromatic heterocycles. The predicted octanol–water partition coefficient (Wildman–Crippen LogP) is 6.44. The van der Waals surface area contributed by atoms with Gasteiger partial charge in [0.1, 0.15) is 0 Å². The zero-order valence-corrected chi connectivity index (χ0v) is 16.4. The van der Waals surface area contributed by atoms with Crippen LogP contribution >= 0.6 is 0 Å². The smallest absolute Gasteiger partial charge is 0.0949 e. The Balaban J connectivity index is 1.46. The highest BCUT2D eigenvalue weighted by Gasteiger charge is 2.66. The van der Waals surface area contributed by atoms with E-state index < -0.39 is 0 Å². The molecule has 1 heteroatoms. The second kappa shape index (κ2) is 5.72. The van der Waals surface area contributed by atoms with Gasteiger partial charge in [0.25, 0.3) is 0 Å². The zero-order chi connectivity index (χ0) is 17.2. The van der Waals surface area contributed by atoms with Crippen LogP contribution in [0.25, 0.3) is 0 Å². The summed E-state index contributed by atoms with van der Waals surface area (Å²) in [5, 5.41) is 0. The lowest BCUT2D eigenvalue weighted by atomic mass is 9.50. The van der Waals surface area contributed by atoms with Crippen LogP contribution in [0.5, 0.6) is 0 Å². The average Bonchev–Trinajstić information content (AvgIpc) is 3.13. The first-order chi connectivity index (χ1) is 12.1. The van der Waals surface area contributed by atoms with E-state index >= 15 is 0 Å². The highest BCUT2D eigenvalue weighted by Crippen LogP contribution is 2.69. The van der Waals surface area contributed by atoms with Gasteiger partial charge in [-0.1, -0.05) is 32.1 Å². The lowest BCUT2D eigenvalue weighted by Crippen LogP contribution is -2.53. The van der Waals surface area contributed by atoms with Gasteiger partial charge in [-0.05, 0) is 99.9 Å². The van der Waals surface area contributed by atoms with Crippen LogP contribution in [0.15, 0.2) is 23.8 Å². The molecule has 0 aromatic carbocycles. The fourth-order valence-corrected chi connectivity index (χ4v) is 8.15. The molecule has 1 aliphatic heterocycles. The summed E-state index contributed by atoms with van der Waals surface area (Å²) < 4.78 is 6.82. The number of hydrogen-bond acceptors (Lipinski definition) is 1. The van der Waals surface area contributed by atoms with E-state index in [1.54, 1.807) is 0 Å². The first-order valence-corrected chi connectivity index (χ1v) is 11.1. The third-order valence-electron chi connectivity index (χ3n) is 9.37. The molecule has 1 spiro atoms. The van der Waals surface area contributed by atoms with Gasteiger partial charge < -0.3 is 4.74 Å². The molecule has 0 amide bonds. The van der Waals surface area contributed by atoms with Crippen molar-refractivity contribution in [3.63, 3.8) is 0 Å². The highest BCUT2D eigenvalue weighted by atomic mass is 16.5. The normalized spacial score (nSPS) is 51.8. The van der Waals surface area contributed by atoms with E-state index in [0.29, 0.717) is 11.5 Å². The minimum Gasteiger partial charge on any atom is -0.367 e. The summed E-state index contributed by atoms with van der Waals surface area (Å²) in [6.45, 7) is 9.43. The molecule has 0 unspecified atom stereocenters. The highest BCUT2D eigenvalue weighted by molar-refractivity contribution is 5.30. The van der Waals surface area contributed by atoms with Gasteiger partial charge in [0.2, 0.25) is 0 Å². The number of hydrogen-bond donors (Lipinski definition) is 0. The standard InChI is InChI=1S/C24H36O/c1-4-18-15-16(2)24(25-18)14-12-22-21-10-9-17-7-5-6-8-19(17)20(21)11-13-23(22,24)3/h7,18-22H,2,4-6,8-15H2,1,3H3/t18-,19+,20-,21-,22+,23+,24-/m1/s1. The molecule has 4 fully saturated rings. The van der Waals surface area contributed by atoms with Crippen LogP contribution < -0.4 is 0 Å². The van der Waals surface area contributed by atoms with E-state index in [-0.39, 0.29) is 5.60 Å². The number of rotatable bonds is 1. The van der Waals surface area contributed by atoms with Crippen molar-refractivity contribution in [2.45, 2.75) is 96.2 Å². The van der Waals surface area contributed by atoms with Gasteiger partial charge in [-0.3, -0.25) is 0 Å². The Hall–Kier alpha value is -0.560. The molecule has 0 radical (unpaired) electrons. The van der Waals surface area contributed by atoms with Gasteiger partial charge in [-0.2, -0.15) is 0 Å². The van der Waals surface area contributed by atoms with Crippen LogP contribution in [-0.4, -0.2) is 11.7 Å². The van der Waals surface area contributed by atoms with Crippen molar-refractivity contribution in [2.75, 3.05) is 0 Å². The fourth-order valence-electron chi connectivity index (χ4n) is 8.15. The molecule has 7 atom stereocenters. The zero-order valence-electron chi connectivity index (χ0n) is 16.4. The summed E-state index contributed by atoms with van der Waals surface area (Å²) in [5.74, 6) is 3.74. The lowest BCUT2D eigenvalue weighted by molar-refractivity contribution is -0.132. The maximum atomic E-state index is 6.82. The molecule has 0 bridgehead atoms. The fraction of sp³-hybridized carbons (Fsp3) is 0.833. The summed E-state index contributed by atoms with van der Waals surface area (Å²) in [6.07, 6.45) is 17.8. The molecule has 0 aromatic rings. The minimum atomic E-state index is 0.0198. The van der Waals surface area contributed by atoms with Crippen molar-refractivity contribution in [1.29, 1.82) is 0 Å². The van der Waals surface area contributed by atoms with Crippen molar-refractivity contribution < 1.29 is 4.74 Å². The Kier molecular flexibility index (Phi) is 3.80. The maximum Gasteiger partial charge on any atom is 0.0949 e. The van der Waals surface area contributed by atoms with Gasteiger partial charge in [0.15, 0.2) is 0 Å². The van der Waals surface area contributed by atoms with Crippen LogP contribution in [0.4, 0.5) is 0 Å². The minimum absolute atomic E-state index is 0.0198. The van der Waals surface area contributed by atoms with Crippen molar-refractivity contribution in [2.24, 2.45) is 29.1 Å². The topological polar surface area (TPSA) is 9.23 Å². The van der Waals surface area contributed by atoms with Crippen LogP contribution in [0, 0.1) is 29.1 Å². The number of allylic oxidation sites excluding steroid dienone is 2. The second-order valence-corrected chi connectivity index (χ2v) is 10.1. The predicted molar refractivity (Wildman–Crippen MR) is 103 cm³/mol. The van der Waals surface area contributed by atoms with E-state index in [2.05, 4.69) is 26.5 Å². The third-order valence-corrected chi connectivity index (χ3v) is 9.37. The Morgan fingerprint density at radius 3 is 2.84 bits per heavy atom. The van der Waals surface area contributed by atoms with Gasteiger partial charge >= 0.3 is 0 Å². The monoisotopic (exact) mass is 340 g/mol. The number of fused-ring (bicyclic) bond motifs is 6. The lowest BCUT2D eigenvalue weighted by Gasteiger charge is -2.56. The molecule has 4 aliphatic carbocycles. The van der Waals surface area contributed by atoms with Gasteiger partial charge in [0, 0.05) is 5.41 Å². The molecular formula is C24H36O. The van der Waals surface area contributed by atoms with Crippen LogP contribution in [-0.2, 0) is 4.74 Å². The molecule has 3 saturated carbocycles. The largest absolute Gasteiger partial charge is 0.367 e. The van der Waals surface area contributed by atoms with E-state index in [4.69, 9.17) is 4.74 Å². The number of ether oxygens (including phenoxy) is 1. The summed E-state index contributed by atoms with van der Waals surface area (Å²) >= 11 is 0. The average molecular weight is 341 g/mol. The molecule has 5 aliphatic rings. The molecular weight excluding hydrogens is 304 g/mol. The van der Waals surface area contributed by atoms with Crippen molar-refractivity contribution >= 4 is 0 Å². The first kappa shape index (κ1) is 16.6. The van der Waals surface area contributed by atoms with Crippen molar-refractivity contribution in [3.05, 3.63) is 23.8 Å². The van der Waals surface area contributed by atoms with E-state index in [9.17, 15) is 0 Å². The van der Waals surface area contributed by atoms with E-state index in [0.717, 1.165) is 36.5 Å². The van der Waals surface area contributed by atoms with Crippen LogP contribution in [0.3, 0.4) is 0 Å². The van der Waals surface area contributed by atoms with Gasteiger partial charge in [-0.15, -0.1) is 0 Å². The Morgan fingerprint density at radius 1 is 1.16 bits per heavy atom. The Bertz CT molecular complexity index is 603. The molecule has 1 nitrogen and oxygen atoms in total. The Morgan fingerprint density at radius 2 is 2.04 bits per heavy atom. The van der Waals surface area contributed by atoms with Crippen molar-refractivity contribution in [3.8, 4) is 0 Å². The summed E-state index contributed by atoms with van der Waals surface area (Å²) in [6, 6.07) is 0. The molecule has 5 rings (SSSR count). The SMILES string of the molecule is C=C1C[C@@H](CC)O[C@]12CC[C@H]1[C@@H]3CCC4=CCCC[C@@H]4[C@H]3CC[C@@]12C. The summed E-state index contributed by atoms with van der Waals surface area (Å²) in [4.78, 5) is 0. The van der Waals surface area contributed by atoms with Crippen LogP contribution in [0.2, 0.25) is 0 Å². The third kappa shape index (κ3) is 2.11.